The number of benzene rings is 3. The zero-order valence-corrected chi connectivity index (χ0v) is 20.5. The molecule has 1 aliphatic carbocycles. The first kappa shape index (κ1) is 25.5. The van der Waals surface area contributed by atoms with Crippen LogP contribution in [-0.2, 0) is 22.3 Å². The first-order valence-electron chi connectivity index (χ1n) is 12.3. The van der Waals surface area contributed by atoms with Crippen LogP contribution >= 0.6 is 0 Å². The van der Waals surface area contributed by atoms with Crippen LogP contribution in [0, 0.1) is 5.92 Å². The lowest BCUT2D eigenvalue weighted by Gasteiger charge is -2.28. The number of amides is 2. The first-order valence-corrected chi connectivity index (χ1v) is 12.3. The molecule has 0 aromatic heterocycles. The average molecular weight is 523 g/mol. The highest BCUT2D eigenvalue weighted by Gasteiger charge is 2.42. The van der Waals surface area contributed by atoms with Crippen LogP contribution in [0.5, 0.6) is 0 Å². The topological polar surface area (TPSA) is 75.7 Å². The summed E-state index contributed by atoms with van der Waals surface area (Å²) in [5, 5.41) is 2.68. The highest BCUT2D eigenvalue weighted by molar-refractivity contribution is 6.04. The molecule has 0 unspecified atom stereocenters. The molecule has 1 N–H and O–H groups in total. The van der Waals surface area contributed by atoms with Crippen LogP contribution in [-0.4, -0.2) is 35.8 Å². The van der Waals surface area contributed by atoms with E-state index in [1.165, 1.54) is 7.11 Å². The van der Waals surface area contributed by atoms with Crippen molar-refractivity contribution in [3.63, 3.8) is 0 Å². The van der Waals surface area contributed by atoms with Crippen molar-refractivity contribution in [2.45, 2.75) is 38.0 Å². The smallest absolute Gasteiger partial charge is 0.416 e. The molecule has 0 bridgehead atoms. The fourth-order valence-electron chi connectivity index (χ4n) is 5.27. The van der Waals surface area contributed by atoms with Gasteiger partial charge in [0.15, 0.2) is 0 Å². The van der Waals surface area contributed by atoms with Gasteiger partial charge < -0.3 is 15.0 Å². The van der Waals surface area contributed by atoms with E-state index in [9.17, 15) is 27.6 Å². The van der Waals surface area contributed by atoms with Gasteiger partial charge in [-0.25, -0.2) is 0 Å². The fourth-order valence-corrected chi connectivity index (χ4v) is 5.27. The Bertz CT molecular complexity index is 1380. The fraction of sp³-hybridized carbons (Fsp3) is 0.276. The lowest BCUT2D eigenvalue weighted by Crippen LogP contribution is -2.41. The van der Waals surface area contributed by atoms with Crippen LogP contribution in [0.3, 0.4) is 0 Å². The molecule has 5 rings (SSSR count). The number of carbonyl (C=O) groups excluding carboxylic acids is 3. The van der Waals surface area contributed by atoms with Gasteiger partial charge in [0.1, 0.15) is 0 Å². The van der Waals surface area contributed by atoms with Crippen LogP contribution < -0.4 is 5.32 Å². The Kier molecular flexibility index (Phi) is 6.69. The second-order valence-electron chi connectivity index (χ2n) is 9.54. The van der Waals surface area contributed by atoms with Crippen molar-refractivity contribution in [2.75, 3.05) is 12.4 Å². The van der Waals surface area contributed by atoms with Crippen molar-refractivity contribution in [1.82, 2.24) is 4.90 Å². The minimum Gasteiger partial charge on any atom is -0.469 e. The largest absolute Gasteiger partial charge is 0.469 e. The number of hydrogen-bond acceptors (Lipinski definition) is 4. The monoisotopic (exact) mass is 522 g/mol. The molecular weight excluding hydrogens is 497 g/mol. The van der Waals surface area contributed by atoms with E-state index in [0.717, 1.165) is 53.8 Å². The van der Waals surface area contributed by atoms with Gasteiger partial charge in [0.2, 0.25) is 0 Å². The predicted octanol–water partition coefficient (Wildman–Crippen LogP) is 5.92. The van der Waals surface area contributed by atoms with Crippen LogP contribution in [0.25, 0.3) is 11.1 Å². The number of rotatable bonds is 5. The maximum Gasteiger partial charge on any atom is 0.416 e. The molecule has 1 heterocycles. The summed E-state index contributed by atoms with van der Waals surface area (Å²) >= 11 is 0. The third kappa shape index (κ3) is 4.88. The SMILES string of the molecule is COC(=O)[C@H]1CCC[C@H]1N1Cc2ccc(-c3ccc(NC(=O)c4ccc(C(F)(F)F)cc4)cc3)cc2C1=O. The third-order valence-electron chi connectivity index (χ3n) is 7.28. The molecular formula is C29H25F3N2O4. The molecule has 2 atom stereocenters. The van der Waals surface area contributed by atoms with Gasteiger partial charge in [-0.3, -0.25) is 14.4 Å². The maximum atomic E-state index is 13.3. The summed E-state index contributed by atoms with van der Waals surface area (Å²) in [5.74, 6) is -1.19. The number of alkyl halides is 3. The van der Waals surface area contributed by atoms with Crippen molar-refractivity contribution in [2.24, 2.45) is 5.92 Å². The number of halogens is 3. The zero-order valence-electron chi connectivity index (χ0n) is 20.5. The zero-order chi connectivity index (χ0) is 27.0. The molecule has 3 aromatic carbocycles. The van der Waals surface area contributed by atoms with Gasteiger partial charge in [-0.2, -0.15) is 13.2 Å². The van der Waals surface area contributed by atoms with Gasteiger partial charge in [0.25, 0.3) is 11.8 Å². The number of esters is 1. The maximum absolute atomic E-state index is 13.3. The van der Waals surface area contributed by atoms with Crippen molar-refractivity contribution in [1.29, 1.82) is 0 Å². The Morgan fingerprint density at radius 2 is 1.63 bits per heavy atom. The standard InChI is InChI=1S/C29H25F3N2O4/c1-38-28(37)23-3-2-4-25(23)34-16-20-6-5-19(15-24(20)27(34)36)17-9-13-22(14-10-17)33-26(35)18-7-11-21(12-8-18)29(30,31)32/h5-15,23,25H,2-4,16H2,1H3,(H,33,35)/t23-,25+/m0/s1. The normalized spacial score (nSPS) is 18.8. The van der Waals surface area contributed by atoms with Crippen molar-refractivity contribution in [3.8, 4) is 11.1 Å². The number of anilines is 1. The van der Waals surface area contributed by atoms with Gasteiger partial charge in [-0.1, -0.05) is 30.7 Å². The van der Waals surface area contributed by atoms with Crippen LogP contribution in [0.2, 0.25) is 0 Å². The number of hydrogen-bond donors (Lipinski definition) is 1. The summed E-state index contributed by atoms with van der Waals surface area (Å²) in [6.45, 7) is 0.460. The molecule has 38 heavy (non-hydrogen) atoms. The molecule has 0 radical (unpaired) electrons. The molecule has 1 aliphatic heterocycles. The number of carbonyl (C=O) groups is 3. The molecule has 196 valence electrons. The van der Waals surface area contributed by atoms with Gasteiger partial charge in [-0.05, 0) is 72.0 Å². The van der Waals surface area contributed by atoms with Crippen LogP contribution in [0.1, 0.15) is 51.1 Å². The minimum atomic E-state index is -4.47. The number of ether oxygens (including phenoxy) is 1. The highest BCUT2D eigenvalue weighted by Crippen LogP contribution is 2.37. The highest BCUT2D eigenvalue weighted by atomic mass is 19.4. The second kappa shape index (κ2) is 9.96. The van der Waals surface area contributed by atoms with Crippen LogP contribution in [0.15, 0.2) is 66.7 Å². The Labute approximate surface area is 217 Å². The van der Waals surface area contributed by atoms with E-state index >= 15 is 0 Å². The summed E-state index contributed by atoms with van der Waals surface area (Å²) < 4.78 is 43.2. The van der Waals surface area contributed by atoms with Crippen molar-refractivity contribution in [3.05, 3.63) is 89.0 Å². The lowest BCUT2D eigenvalue weighted by atomic mass is 10.00. The summed E-state index contributed by atoms with van der Waals surface area (Å²) in [6.07, 6.45) is -2.11. The lowest BCUT2D eigenvalue weighted by molar-refractivity contribution is -0.146. The van der Waals surface area contributed by atoms with Crippen molar-refractivity contribution >= 4 is 23.5 Å². The van der Waals surface area contributed by atoms with Crippen molar-refractivity contribution < 1.29 is 32.3 Å². The summed E-state index contributed by atoms with van der Waals surface area (Å²) in [6, 6.07) is 16.5. The van der Waals surface area contributed by atoms with Gasteiger partial charge in [0, 0.05) is 29.4 Å². The molecule has 2 amide bonds. The number of fused-ring (bicyclic) bond motifs is 1. The molecule has 9 heteroatoms. The molecule has 0 spiro atoms. The van der Waals surface area contributed by atoms with E-state index in [0.29, 0.717) is 24.2 Å². The number of methoxy groups -OCH3 is 1. The van der Waals surface area contributed by atoms with E-state index in [1.54, 1.807) is 29.2 Å². The van der Waals surface area contributed by atoms with E-state index < -0.39 is 17.6 Å². The van der Waals surface area contributed by atoms with Gasteiger partial charge in [-0.15, -0.1) is 0 Å². The average Bonchev–Trinajstić information content (AvgIpc) is 3.52. The second-order valence-corrected chi connectivity index (χ2v) is 9.54. The summed E-state index contributed by atoms with van der Waals surface area (Å²) in [4.78, 5) is 39.7. The molecule has 0 saturated heterocycles. The van der Waals surface area contributed by atoms with E-state index in [4.69, 9.17) is 4.74 Å². The van der Waals surface area contributed by atoms with E-state index in [1.807, 2.05) is 18.2 Å². The molecule has 6 nitrogen and oxygen atoms in total. The molecule has 1 saturated carbocycles. The van der Waals surface area contributed by atoms with Gasteiger partial charge in [0.05, 0.1) is 18.6 Å². The minimum absolute atomic E-state index is 0.0944. The van der Waals surface area contributed by atoms with E-state index in [2.05, 4.69) is 5.32 Å². The Hall–Kier alpha value is -4.14. The summed E-state index contributed by atoms with van der Waals surface area (Å²) in [7, 11) is 1.37. The molecule has 2 aliphatic rings. The quantitative estimate of drug-likeness (QED) is 0.422. The van der Waals surface area contributed by atoms with Crippen LogP contribution in [0.4, 0.5) is 18.9 Å². The Morgan fingerprint density at radius 1 is 0.947 bits per heavy atom. The Balaban J connectivity index is 1.28. The van der Waals surface area contributed by atoms with Gasteiger partial charge >= 0.3 is 12.1 Å². The third-order valence-corrected chi connectivity index (χ3v) is 7.28. The van der Waals surface area contributed by atoms with E-state index in [-0.39, 0.29) is 29.4 Å². The molecule has 1 fully saturated rings. The predicted molar refractivity (Wildman–Crippen MR) is 134 cm³/mol. The molecule has 3 aromatic rings. The number of nitrogens with zero attached hydrogens (tertiary/aromatic N) is 1. The number of nitrogens with one attached hydrogen (secondary N) is 1. The Morgan fingerprint density at radius 3 is 2.29 bits per heavy atom. The first-order chi connectivity index (χ1) is 18.2. The summed E-state index contributed by atoms with van der Waals surface area (Å²) in [5.41, 5.74) is 2.96.